The van der Waals surface area contributed by atoms with Gasteiger partial charge in [0.05, 0.1) is 12.2 Å². The molecule has 1 heterocycles. The first-order valence-corrected chi connectivity index (χ1v) is 6.64. The van der Waals surface area contributed by atoms with Gasteiger partial charge in [0.25, 0.3) is 0 Å². The van der Waals surface area contributed by atoms with Gasteiger partial charge in [-0.3, -0.25) is 0 Å². The van der Waals surface area contributed by atoms with Crippen LogP contribution in [0, 0.1) is 0 Å². The first-order valence-electron chi connectivity index (χ1n) is 6.64. The van der Waals surface area contributed by atoms with Crippen molar-refractivity contribution < 1.29 is 9.84 Å². The standard InChI is InChI=1S/C13H25NO2/c1-3-12(2,10-15)14-11-5-8-16-13(9-11)6-4-7-13/h11,14-15H,3-10H2,1-2H3. The summed E-state index contributed by atoms with van der Waals surface area (Å²) in [6.07, 6.45) is 6.95. The van der Waals surface area contributed by atoms with Gasteiger partial charge in [-0.05, 0) is 45.4 Å². The van der Waals surface area contributed by atoms with E-state index in [9.17, 15) is 5.11 Å². The van der Waals surface area contributed by atoms with Gasteiger partial charge in [-0.25, -0.2) is 0 Å². The van der Waals surface area contributed by atoms with Crippen molar-refractivity contribution in [2.75, 3.05) is 13.2 Å². The van der Waals surface area contributed by atoms with E-state index in [1.54, 1.807) is 0 Å². The summed E-state index contributed by atoms with van der Waals surface area (Å²) in [4.78, 5) is 0. The van der Waals surface area contributed by atoms with Crippen LogP contribution < -0.4 is 5.32 Å². The quantitative estimate of drug-likeness (QED) is 0.770. The molecule has 2 N–H and O–H groups in total. The van der Waals surface area contributed by atoms with Gasteiger partial charge in [0, 0.05) is 18.2 Å². The van der Waals surface area contributed by atoms with Crippen molar-refractivity contribution in [2.24, 2.45) is 0 Å². The summed E-state index contributed by atoms with van der Waals surface area (Å²) in [6, 6.07) is 0.520. The Bertz CT molecular complexity index is 234. The Kier molecular flexibility index (Phi) is 3.57. The Morgan fingerprint density at radius 1 is 1.50 bits per heavy atom. The Hall–Kier alpha value is -0.120. The van der Waals surface area contributed by atoms with Gasteiger partial charge in [-0.15, -0.1) is 0 Å². The minimum absolute atomic E-state index is 0.118. The van der Waals surface area contributed by atoms with Crippen LogP contribution in [-0.2, 0) is 4.74 Å². The summed E-state index contributed by atoms with van der Waals surface area (Å²) in [5.41, 5.74) is 0.0764. The number of hydrogen-bond donors (Lipinski definition) is 2. The molecule has 1 aliphatic heterocycles. The van der Waals surface area contributed by atoms with Crippen molar-refractivity contribution in [3.63, 3.8) is 0 Å². The van der Waals surface area contributed by atoms with E-state index in [0.29, 0.717) is 6.04 Å². The van der Waals surface area contributed by atoms with Crippen molar-refractivity contribution >= 4 is 0 Å². The lowest BCUT2D eigenvalue weighted by Crippen LogP contribution is -2.57. The molecule has 2 unspecified atom stereocenters. The predicted molar refractivity (Wildman–Crippen MR) is 64.5 cm³/mol. The van der Waals surface area contributed by atoms with Gasteiger partial charge in [-0.1, -0.05) is 6.92 Å². The molecule has 2 fully saturated rings. The lowest BCUT2D eigenvalue weighted by atomic mass is 9.73. The highest BCUT2D eigenvalue weighted by molar-refractivity contribution is 4.98. The number of hydrogen-bond acceptors (Lipinski definition) is 3. The van der Waals surface area contributed by atoms with Gasteiger partial charge in [0.15, 0.2) is 0 Å². The van der Waals surface area contributed by atoms with Gasteiger partial charge in [0.2, 0.25) is 0 Å². The van der Waals surface area contributed by atoms with Crippen LogP contribution in [-0.4, -0.2) is 35.5 Å². The third kappa shape index (κ3) is 2.41. The molecule has 1 spiro atoms. The SMILES string of the molecule is CCC(C)(CO)NC1CCOC2(CCC2)C1. The van der Waals surface area contributed by atoms with Gasteiger partial charge in [0.1, 0.15) is 0 Å². The molecule has 94 valence electrons. The van der Waals surface area contributed by atoms with Gasteiger partial charge in [-0.2, -0.15) is 0 Å². The number of rotatable bonds is 4. The fourth-order valence-corrected chi connectivity index (χ4v) is 2.82. The molecular formula is C13H25NO2. The smallest absolute Gasteiger partial charge is 0.0697 e. The summed E-state index contributed by atoms with van der Waals surface area (Å²) in [6.45, 7) is 5.33. The zero-order chi connectivity index (χ0) is 11.6. The summed E-state index contributed by atoms with van der Waals surface area (Å²) in [7, 11) is 0. The van der Waals surface area contributed by atoms with Crippen LogP contribution in [0.1, 0.15) is 52.4 Å². The second-order valence-corrected chi connectivity index (χ2v) is 5.79. The summed E-state index contributed by atoms with van der Waals surface area (Å²) < 4.78 is 5.91. The van der Waals surface area contributed by atoms with Crippen molar-refractivity contribution in [1.82, 2.24) is 5.32 Å². The number of ether oxygens (including phenoxy) is 1. The first kappa shape index (κ1) is 12.3. The maximum atomic E-state index is 9.42. The second-order valence-electron chi connectivity index (χ2n) is 5.79. The van der Waals surface area contributed by atoms with Crippen LogP contribution in [0.15, 0.2) is 0 Å². The number of aliphatic hydroxyl groups excluding tert-OH is 1. The minimum atomic E-state index is -0.118. The largest absolute Gasteiger partial charge is 0.394 e. The highest BCUT2D eigenvalue weighted by atomic mass is 16.5. The third-order valence-electron chi connectivity index (χ3n) is 4.44. The lowest BCUT2D eigenvalue weighted by molar-refractivity contribution is -0.138. The molecule has 16 heavy (non-hydrogen) atoms. The molecule has 0 bridgehead atoms. The molecule has 0 aromatic rings. The molecule has 0 aromatic carbocycles. The fraction of sp³-hybridized carbons (Fsp3) is 1.00. The average molecular weight is 227 g/mol. The topological polar surface area (TPSA) is 41.5 Å². The molecule has 1 saturated heterocycles. The summed E-state index contributed by atoms with van der Waals surface area (Å²) in [5.74, 6) is 0. The predicted octanol–water partition coefficient (Wildman–Crippen LogP) is 1.84. The highest BCUT2D eigenvalue weighted by Crippen LogP contribution is 2.42. The van der Waals surface area contributed by atoms with E-state index in [-0.39, 0.29) is 17.7 Å². The Balaban J connectivity index is 1.89. The zero-order valence-corrected chi connectivity index (χ0v) is 10.6. The molecule has 1 saturated carbocycles. The fourth-order valence-electron chi connectivity index (χ4n) is 2.82. The lowest BCUT2D eigenvalue weighted by Gasteiger charge is -2.48. The normalized spacial score (nSPS) is 32.1. The van der Waals surface area contributed by atoms with Crippen LogP contribution in [0.25, 0.3) is 0 Å². The van der Waals surface area contributed by atoms with Crippen molar-refractivity contribution in [3.05, 3.63) is 0 Å². The van der Waals surface area contributed by atoms with Gasteiger partial charge < -0.3 is 15.2 Å². The van der Waals surface area contributed by atoms with E-state index in [2.05, 4.69) is 19.2 Å². The molecular weight excluding hydrogens is 202 g/mol. The van der Waals surface area contributed by atoms with Crippen molar-refractivity contribution in [3.8, 4) is 0 Å². The Labute approximate surface area is 98.6 Å². The van der Waals surface area contributed by atoms with Gasteiger partial charge >= 0.3 is 0 Å². The molecule has 2 rings (SSSR count). The maximum Gasteiger partial charge on any atom is 0.0697 e. The molecule has 0 amide bonds. The summed E-state index contributed by atoms with van der Waals surface area (Å²) >= 11 is 0. The Morgan fingerprint density at radius 2 is 2.25 bits per heavy atom. The second kappa shape index (κ2) is 4.63. The first-order chi connectivity index (χ1) is 7.61. The number of nitrogens with one attached hydrogen (secondary N) is 1. The van der Waals surface area contributed by atoms with E-state index < -0.39 is 0 Å². The Morgan fingerprint density at radius 3 is 2.75 bits per heavy atom. The monoisotopic (exact) mass is 227 g/mol. The molecule has 0 aromatic heterocycles. The average Bonchev–Trinajstić information content (AvgIpc) is 2.27. The van der Waals surface area contributed by atoms with E-state index >= 15 is 0 Å². The minimum Gasteiger partial charge on any atom is -0.394 e. The van der Waals surface area contributed by atoms with Crippen LogP contribution >= 0.6 is 0 Å². The zero-order valence-electron chi connectivity index (χ0n) is 10.6. The van der Waals surface area contributed by atoms with E-state index in [0.717, 1.165) is 25.9 Å². The summed E-state index contributed by atoms with van der Waals surface area (Å²) in [5, 5.41) is 13.0. The molecule has 1 aliphatic carbocycles. The van der Waals surface area contributed by atoms with Crippen LogP contribution in [0.4, 0.5) is 0 Å². The molecule has 3 heteroatoms. The third-order valence-corrected chi connectivity index (χ3v) is 4.44. The van der Waals surface area contributed by atoms with Crippen molar-refractivity contribution in [2.45, 2.75) is 69.6 Å². The maximum absolute atomic E-state index is 9.42. The van der Waals surface area contributed by atoms with Crippen molar-refractivity contribution in [1.29, 1.82) is 0 Å². The molecule has 2 atom stereocenters. The van der Waals surface area contributed by atoms with Crippen LogP contribution in [0.5, 0.6) is 0 Å². The van der Waals surface area contributed by atoms with Crippen LogP contribution in [0.3, 0.4) is 0 Å². The highest BCUT2D eigenvalue weighted by Gasteiger charge is 2.43. The van der Waals surface area contributed by atoms with Crippen LogP contribution in [0.2, 0.25) is 0 Å². The molecule has 3 nitrogen and oxygen atoms in total. The molecule has 0 radical (unpaired) electrons. The van der Waals surface area contributed by atoms with E-state index in [4.69, 9.17) is 4.74 Å². The number of aliphatic hydroxyl groups is 1. The van der Waals surface area contributed by atoms with E-state index in [1.807, 2.05) is 0 Å². The van der Waals surface area contributed by atoms with E-state index in [1.165, 1.54) is 19.3 Å². The molecule has 2 aliphatic rings.